The summed E-state index contributed by atoms with van der Waals surface area (Å²) >= 11 is 0. The molecule has 0 aliphatic carbocycles. The lowest BCUT2D eigenvalue weighted by Gasteiger charge is -2.18. The summed E-state index contributed by atoms with van der Waals surface area (Å²) < 4.78 is 38.7. The quantitative estimate of drug-likeness (QED) is 0.722. The van der Waals surface area contributed by atoms with Crippen LogP contribution in [0.15, 0.2) is 54.7 Å². The number of carbonyl (C=O) groups is 1. The molecular weight excluding hydrogens is 331 g/mol. The molecule has 0 atom stereocenters. The number of aromatic nitrogens is 2. The minimum Gasteiger partial charge on any atom is -0.340 e. The third-order valence-electron chi connectivity index (χ3n) is 3.94. The van der Waals surface area contributed by atoms with Gasteiger partial charge in [0.1, 0.15) is 6.54 Å². The van der Waals surface area contributed by atoms with Gasteiger partial charge in [0.15, 0.2) is 5.69 Å². The van der Waals surface area contributed by atoms with Crippen molar-refractivity contribution in [1.29, 1.82) is 0 Å². The van der Waals surface area contributed by atoms with Crippen molar-refractivity contribution in [3.8, 4) is 0 Å². The normalized spacial score (nSPS) is 11.7. The van der Waals surface area contributed by atoms with E-state index in [1.807, 2.05) is 42.5 Å². The van der Waals surface area contributed by atoms with Crippen LogP contribution < -0.4 is 0 Å². The Morgan fingerprint density at radius 1 is 1.12 bits per heavy atom. The summed E-state index contributed by atoms with van der Waals surface area (Å²) in [6.07, 6.45) is -3.35. The SMILES string of the molecule is CN(Cc1cccc2ccccc12)C(=O)Cn1ccc(C(F)(F)F)n1. The number of rotatable bonds is 4. The second-order valence-corrected chi connectivity index (χ2v) is 5.78. The summed E-state index contributed by atoms with van der Waals surface area (Å²) in [7, 11) is 1.62. The number of benzene rings is 2. The maximum atomic E-state index is 12.6. The van der Waals surface area contributed by atoms with Gasteiger partial charge >= 0.3 is 6.18 Å². The van der Waals surface area contributed by atoms with E-state index in [9.17, 15) is 18.0 Å². The summed E-state index contributed by atoms with van der Waals surface area (Å²) in [6, 6.07) is 14.5. The molecule has 0 saturated heterocycles. The smallest absolute Gasteiger partial charge is 0.340 e. The van der Waals surface area contributed by atoms with Crippen molar-refractivity contribution in [2.24, 2.45) is 0 Å². The van der Waals surface area contributed by atoms with Crippen molar-refractivity contribution in [2.75, 3.05) is 7.05 Å². The third-order valence-corrected chi connectivity index (χ3v) is 3.94. The number of fused-ring (bicyclic) bond motifs is 1. The molecule has 2 aromatic carbocycles. The zero-order chi connectivity index (χ0) is 18.0. The van der Waals surface area contributed by atoms with Gasteiger partial charge in [0.2, 0.25) is 5.91 Å². The highest BCUT2D eigenvalue weighted by atomic mass is 19.4. The van der Waals surface area contributed by atoms with E-state index in [1.165, 1.54) is 4.90 Å². The second-order valence-electron chi connectivity index (χ2n) is 5.78. The van der Waals surface area contributed by atoms with E-state index in [2.05, 4.69) is 5.10 Å². The van der Waals surface area contributed by atoms with Gasteiger partial charge in [-0.1, -0.05) is 42.5 Å². The van der Waals surface area contributed by atoms with Crippen LogP contribution in [0.3, 0.4) is 0 Å². The Bertz CT molecular complexity index is 896. The molecule has 130 valence electrons. The number of hydrogen-bond acceptors (Lipinski definition) is 2. The molecule has 0 aliphatic rings. The number of hydrogen-bond donors (Lipinski definition) is 0. The van der Waals surface area contributed by atoms with Crippen LogP contribution in [-0.4, -0.2) is 27.6 Å². The molecule has 1 amide bonds. The number of halogens is 3. The molecule has 0 N–H and O–H groups in total. The van der Waals surface area contributed by atoms with Gasteiger partial charge in [0, 0.05) is 19.8 Å². The van der Waals surface area contributed by atoms with Gasteiger partial charge in [-0.3, -0.25) is 9.48 Å². The highest BCUT2D eigenvalue weighted by Crippen LogP contribution is 2.27. The monoisotopic (exact) mass is 347 g/mol. The van der Waals surface area contributed by atoms with Crippen LogP contribution in [0.5, 0.6) is 0 Å². The first-order valence-corrected chi connectivity index (χ1v) is 7.66. The van der Waals surface area contributed by atoms with Crippen molar-refractivity contribution < 1.29 is 18.0 Å². The molecule has 0 unspecified atom stereocenters. The van der Waals surface area contributed by atoms with Crippen LogP contribution in [0.4, 0.5) is 13.2 Å². The van der Waals surface area contributed by atoms with E-state index >= 15 is 0 Å². The van der Waals surface area contributed by atoms with E-state index in [-0.39, 0.29) is 12.5 Å². The number of likely N-dealkylation sites (N-methyl/N-ethyl adjacent to an activating group) is 1. The topological polar surface area (TPSA) is 38.1 Å². The molecule has 3 rings (SSSR count). The summed E-state index contributed by atoms with van der Waals surface area (Å²) in [5, 5.41) is 5.52. The van der Waals surface area contributed by atoms with E-state index < -0.39 is 11.9 Å². The minimum absolute atomic E-state index is 0.239. The standard InChI is InChI=1S/C18H16F3N3O/c1-23(11-14-7-4-6-13-5-2-3-8-15(13)14)17(25)12-24-10-9-16(22-24)18(19,20)21/h2-10H,11-12H2,1H3. The second kappa shape index (κ2) is 6.58. The molecule has 25 heavy (non-hydrogen) atoms. The molecule has 1 aromatic heterocycles. The molecule has 7 heteroatoms. The van der Waals surface area contributed by atoms with Gasteiger partial charge < -0.3 is 4.90 Å². The van der Waals surface area contributed by atoms with Crippen LogP contribution >= 0.6 is 0 Å². The molecule has 0 saturated carbocycles. The molecule has 3 aromatic rings. The number of carbonyl (C=O) groups excluding carboxylic acids is 1. The maximum Gasteiger partial charge on any atom is 0.435 e. The Labute approximate surface area is 142 Å². The average molecular weight is 347 g/mol. The van der Waals surface area contributed by atoms with Gasteiger partial charge in [-0.05, 0) is 22.4 Å². The first kappa shape index (κ1) is 17.0. The van der Waals surface area contributed by atoms with E-state index in [1.54, 1.807) is 7.05 Å². The summed E-state index contributed by atoms with van der Waals surface area (Å²) in [5.74, 6) is -0.315. The fourth-order valence-electron chi connectivity index (χ4n) is 2.63. The maximum absolute atomic E-state index is 12.6. The van der Waals surface area contributed by atoms with Gasteiger partial charge in [0.25, 0.3) is 0 Å². The predicted molar refractivity (Wildman–Crippen MR) is 87.7 cm³/mol. The molecular formula is C18H16F3N3O. The Morgan fingerprint density at radius 3 is 2.56 bits per heavy atom. The van der Waals surface area contributed by atoms with Crippen LogP contribution in [0.25, 0.3) is 10.8 Å². The van der Waals surface area contributed by atoms with Crippen LogP contribution in [0.1, 0.15) is 11.3 Å². The molecule has 0 aliphatic heterocycles. The Hall–Kier alpha value is -2.83. The molecule has 0 bridgehead atoms. The Morgan fingerprint density at radius 2 is 1.84 bits per heavy atom. The average Bonchev–Trinajstić information content (AvgIpc) is 3.04. The molecule has 0 spiro atoms. The fourth-order valence-corrected chi connectivity index (χ4v) is 2.63. The molecule has 0 fully saturated rings. The zero-order valence-electron chi connectivity index (χ0n) is 13.5. The zero-order valence-corrected chi connectivity index (χ0v) is 13.5. The molecule has 0 radical (unpaired) electrons. The number of alkyl halides is 3. The number of nitrogens with zero attached hydrogens (tertiary/aromatic N) is 3. The third kappa shape index (κ3) is 3.81. The largest absolute Gasteiger partial charge is 0.435 e. The van der Waals surface area contributed by atoms with Crippen molar-refractivity contribution in [3.05, 3.63) is 66.0 Å². The van der Waals surface area contributed by atoms with Gasteiger partial charge in [0.05, 0.1) is 0 Å². The molecule has 1 heterocycles. The highest BCUT2D eigenvalue weighted by molar-refractivity contribution is 5.86. The predicted octanol–water partition coefficient (Wildman–Crippen LogP) is 3.71. The van der Waals surface area contributed by atoms with Gasteiger partial charge in [-0.15, -0.1) is 0 Å². The summed E-state index contributed by atoms with van der Waals surface area (Å²) in [4.78, 5) is 13.8. The summed E-state index contributed by atoms with van der Waals surface area (Å²) in [5.41, 5.74) is -0.0256. The lowest BCUT2D eigenvalue weighted by atomic mass is 10.0. The lowest BCUT2D eigenvalue weighted by molar-refractivity contribution is -0.142. The van der Waals surface area contributed by atoms with Crippen molar-refractivity contribution in [3.63, 3.8) is 0 Å². The van der Waals surface area contributed by atoms with Crippen molar-refractivity contribution in [2.45, 2.75) is 19.3 Å². The van der Waals surface area contributed by atoms with Crippen LogP contribution in [0, 0.1) is 0 Å². The van der Waals surface area contributed by atoms with E-state index in [4.69, 9.17) is 0 Å². The summed E-state index contributed by atoms with van der Waals surface area (Å²) in [6.45, 7) is 0.130. The van der Waals surface area contributed by atoms with Crippen LogP contribution in [0.2, 0.25) is 0 Å². The lowest BCUT2D eigenvalue weighted by Crippen LogP contribution is -2.30. The highest BCUT2D eigenvalue weighted by Gasteiger charge is 2.33. The first-order valence-electron chi connectivity index (χ1n) is 7.66. The molecule has 4 nitrogen and oxygen atoms in total. The van der Waals surface area contributed by atoms with Crippen molar-refractivity contribution in [1.82, 2.24) is 14.7 Å². The fraction of sp³-hybridized carbons (Fsp3) is 0.222. The Kier molecular flexibility index (Phi) is 4.48. The van der Waals surface area contributed by atoms with Crippen LogP contribution in [-0.2, 0) is 24.1 Å². The van der Waals surface area contributed by atoms with Gasteiger partial charge in [-0.25, -0.2) is 0 Å². The van der Waals surface area contributed by atoms with Gasteiger partial charge in [-0.2, -0.15) is 18.3 Å². The number of amides is 1. The Balaban J connectivity index is 1.71. The van der Waals surface area contributed by atoms with E-state index in [0.717, 1.165) is 33.3 Å². The minimum atomic E-state index is -4.51. The van der Waals surface area contributed by atoms with E-state index in [0.29, 0.717) is 6.54 Å². The van der Waals surface area contributed by atoms with Crippen molar-refractivity contribution >= 4 is 16.7 Å². The first-order chi connectivity index (χ1) is 11.8.